The number of hydrogen-bond donors (Lipinski definition) is 0. The molecule has 0 spiro atoms. The van der Waals surface area contributed by atoms with Gasteiger partial charge in [0.2, 0.25) is 0 Å². The lowest BCUT2D eigenvalue weighted by Gasteiger charge is -2.29. The number of likely N-dealkylation sites (N-methyl/N-ethyl adjacent to an activating group) is 1. The summed E-state index contributed by atoms with van der Waals surface area (Å²) >= 11 is 0. The number of hydrogen-bond acceptors (Lipinski definition) is 2. The van der Waals surface area contributed by atoms with Crippen LogP contribution in [0.2, 0.25) is 0 Å². The van der Waals surface area contributed by atoms with E-state index in [4.69, 9.17) is 5.26 Å². The van der Waals surface area contributed by atoms with Crippen LogP contribution in [0.15, 0.2) is 24.3 Å². The fraction of sp³-hybridized carbons (Fsp3) is 0.364. The van der Waals surface area contributed by atoms with E-state index in [2.05, 4.69) is 29.2 Å². The molecule has 0 aliphatic carbocycles. The molecule has 1 aliphatic rings. The minimum atomic E-state index is 0.0508. The third-order valence-corrected chi connectivity index (χ3v) is 2.63. The highest BCUT2D eigenvalue weighted by molar-refractivity contribution is 5.31. The van der Waals surface area contributed by atoms with Crippen LogP contribution in [-0.2, 0) is 13.0 Å². The molecule has 0 N–H and O–H groups in total. The van der Waals surface area contributed by atoms with Crippen molar-refractivity contribution in [3.05, 3.63) is 35.4 Å². The second kappa shape index (κ2) is 3.20. The Bertz CT molecular complexity index is 351. The van der Waals surface area contributed by atoms with E-state index in [0.29, 0.717) is 0 Å². The summed E-state index contributed by atoms with van der Waals surface area (Å²) in [7, 11) is 2.00. The molecule has 1 aromatic rings. The van der Waals surface area contributed by atoms with Gasteiger partial charge in [0, 0.05) is 13.0 Å². The lowest BCUT2D eigenvalue weighted by Crippen LogP contribution is -2.36. The molecule has 1 aliphatic heterocycles. The normalized spacial score (nSPS) is 22.0. The van der Waals surface area contributed by atoms with E-state index in [1.807, 2.05) is 13.1 Å². The molecule has 2 nitrogen and oxygen atoms in total. The van der Waals surface area contributed by atoms with Crippen LogP contribution < -0.4 is 0 Å². The Morgan fingerprint density at radius 1 is 1.38 bits per heavy atom. The van der Waals surface area contributed by atoms with Gasteiger partial charge in [0.15, 0.2) is 0 Å². The molecule has 66 valence electrons. The zero-order valence-corrected chi connectivity index (χ0v) is 7.70. The first-order chi connectivity index (χ1) is 6.31. The van der Waals surface area contributed by atoms with Crippen molar-refractivity contribution in [3.63, 3.8) is 0 Å². The fourth-order valence-electron chi connectivity index (χ4n) is 1.80. The van der Waals surface area contributed by atoms with Crippen LogP contribution in [0.4, 0.5) is 0 Å². The maximum atomic E-state index is 8.90. The summed E-state index contributed by atoms with van der Waals surface area (Å²) < 4.78 is 0. The molecular formula is C11H12N2. The van der Waals surface area contributed by atoms with E-state index in [0.717, 1.165) is 13.0 Å². The van der Waals surface area contributed by atoms with Crippen molar-refractivity contribution >= 4 is 0 Å². The summed E-state index contributed by atoms with van der Waals surface area (Å²) in [6.07, 6.45) is 0.864. The molecule has 1 aromatic carbocycles. The second-order valence-corrected chi connectivity index (χ2v) is 3.53. The quantitative estimate of drug-likeness (QED) is 0.594. The predicted molar refractivity (Wildman–Crippen MR) is 51.0 cm³/mol. The zero-order chi connectivity index (χ0) is 9.26. The Morgan fingerprint density at radius 2 is 2.08 bits per heavy atom. The zero-order valence-electron chi connectivity index (χ0n) is 7.70. The van der Waals surface area contributed by atoms with Crippen LogP contribution >= 0.6 is 0 Å². The van der Waals surface area contributed by atoms with Gasteiger partial charge in [-0.2, -0.15) is 5.26 Å². The highest BCUT2D eigenvalue weighted by Crippen LogP contribution is 2.20. The van der Waals surface area contributed by atoms with Gasteiger partial charge in [-0.25, -0.2) is 0 Å². The van der Waals surface area contributed by atoms with Gasteiger partial charge in [-0.3, -0.25) is 4.90 Å². The molecule has 13 heavy (non-hydrogen) atoms. The summed E-state index contributed by atoms with van der Waals surface area (Å²) in [6.45, 7) is 0.897. The summed E-state index contributed by atoms with van der Waals surface area (Å²) in [4.78, 5) is 2.10. The molecule has 1 unspecified atom stereocenters. The van der Waals surface area contributed by atoms with Crippen molar-refractivity contribution in [2.24, 2.45) is 0 Å². The molecule has 0 amide bonds. The third kappa shape index (κ3) is 1.43. The first-order valence-corrected chi connectivity index (χ1v) is 4.48. The van der Waals surface area contributed by atoms with E-state index in [1.54, 1.807) is 0 Å². The summed E-state index contributed by atoms with van der Waals surface area (Å²) in [5.74, 6) is 0. The maximum Gasteiger partial charge on any atom is 0.102 e. The molecule has 2 heteroatoms. The van der Waals surface area contributed by atoms with Gasteiger partial charge in [0.25, 0.3) is 0 Å². The molecule has 1 atom stereocenters. The molecule has 2 rings (SSSR count). The van der Waals surface area contributed by atoms with Gasteiger partial charge in [0.1, 0.15) is 6.04 Å². The van der Waals surface area contributed by atoms with Crippen LogP contribution in [0.3, 0.4) is 0 Å². The molecule has 0 saturated heterocycles. The van der Waals surface area contributed by atoms with Gasteiger partial charge >= 0.3 is 0 Å². The molecule has 0 saturated carbocycles. The number of benzene rings is 1. The van der Waals surface area contributed by atoms with E-state index in [1.165, 1.54) is 11.1 Å². The van der Waals surface area contributed by atoms with Gasteiger partial charge in [-0.15, -0.1) is 0 Å². The lowest BCUT2D eigenvalue weighted by atomic mass is 9.95. The summed E-state index contributed by atoms with van der Waals surface area (Å²) in [5.41, 5.74) is 2.68. The van der Waals surface area contributed by atoms with Crippen molar-refractivity contribution < 1.29 is 0 Å². The largest absolute Gasteiger partial charge is 0.287 e. The number of nitrogens with zero attached hydrogens (tertiary/aromatic N) is 2. The molecule has 1 heterocycles. The van der Waals surface area contributed by atoms with Crippen LogP contribution in [-0.4, -0.2) is 18.0 Å². The highest BCUT2D eigenvalue weighted by Gasteiger charge is 2.21. The van der Waals surface area contributed by atoms with E-state index >= 15 is 0 Å². The third-order valence-electron chi connectivity index (χ3n) is 2.63. The maximum absolute atomic E-state index is 8.90. The average Bonchev–Trinajstić information content (AvgIpc) is 2.17. The van der Waals surface area contributed by atoms with Crippen molar-refractivity contribution in [1.29, 1.82) is 5.26 Å². The monoisotopic (exact) mass is 172 g/mol. The van der Waals surface area contributed by atoms with Crippen LogP contribution in [0.1, 0.15) is 11.1 Å². The Morgan fingerprint density at radius 3 is 2.77 bits per heavy atom. The first kappa shape index (κ1) is 8.28. The van der Waals surface area contributed by atoms with Gasteiger partial charge in [-0.1, -0.05) is 24.3 Å². The van der Waals surface area contributed by atoms with Crippen LogP contribution in [0.25, 0.3) is 0 Å². The van der Waals surface area contributed by atoms with Crippen molar-refractivity contribution in [2.45, 2.75) is 19.0 Å². The Hall–Kier alpha value is -1.33. The molecule has 0 bridgehead atoms. The Balaban J connectivity index is 2.34. The minimum Gasteiger partial charge on any atom is -0.287 e. The lowest BCUT2D eigenvalue weighted by molar-refractivity contribution is 0.260. The fourth-order valence-corrected chi connectivity index (χ4v) is 1.80. The van der Waals surface area contributed by atoms with E-state index in [9.17, 15) is 0 Å². The van der Waals surface area contributed by atoms with Crippen molar-refractivity contribution in [3.8, 4) is 6.07 Å². The van der Waals surface area contributed by atoms with Crippen molar-refractivity contribution in [1.82, 2.24) is 4.90 Å². The number of rotatable bonds is 0. The Kier molecular flexibility index (Phi) is 2.03. The topological polar surface area (TPSA) is 27.0 Å². The molecule has 0 radical (unpaired) electrons. The van der Waals surface area contributed by atoms with Crippen molar-refractivity contribution in [2.75, 3.05) is 7.05 Å². The smallest absolute Gasteiger partial charge is 0.102 e. The standard InChI is InChI=1S/C11H12N2/c1-13-8-10-5-3-2-4-9(10)6-11(13)7-12/h2-5,11H,6,8H2,1H3. The second-order valence-electron chi connectivity index (χ2n) is 3.53. The first-order valence-electron chi connectivity index (χ1n) is 4.48. The van der Waals surface area contributed by atoms with Crippen LogP contribution in [0.5, 0.6) is 0 Å². The Labute approximate surface area is 78.4 Å². The molecule has 0 aromatic heterocycles. The SMILES string of the molecule is CN1Cc2ccccc2CC1C#N. The number of fused-ring (bicyclic) bond motifs is 1. The average molecular weight is 172 g/mol. The highest BCUT2D eigenvalue weighted by atomic mass is 15.1. The summed E-state index contributed by atoms with van der Waals surface area (Å²) in [6, 6.07) is 10.7. The van der Waals surface area contributed by atoms with Gasteiger partial charge in [-0.05, 0) is 18.2 Å². The number of nitriles is 1. The van der Waals surface area contributed by atoms with E-state index in [-0.39, 0.29) is 6.04 Å². The van der Waals surface area contributed by atoms with Gasteiger partial charge in [0.05, 0.1) is 6.07 Å². The van der Waals surface area contributed by atoms with Crippen LogP contribution in [0, 0.1) is 11.3 Å². The van der Waals surface area contributed by atoms with Gasteiger partial charge < -0.3 is 0 Å². The summed E-state index contributed by atoms with van der Waals surface area (Å²) in [5, 5.41) is 8.90. The molecular weight excluding hydrogens is 160 g/mol. The predicted octanol–water partition coefficient (Wildman–Crippen LogP) is 1.57. The minimum absolute atomic E-state index is 0.0508. The van der Waals surface area contributed by atoms with E-state index < -0.39 is 0 Å². The molecule has 0 fully saturated rings.